The summed E-state index contributed by atoms with van der Waals surface area (Å²) in [6.07, 6.45) is 4.77. The molecular weight excluding hydrogens is 252 g/mol. The highest BCUT2D eigenvalue weighted by molar-refractivity contribution is 5.51. The molecule has 0 amide bonds. The lowest BCUT2D eigenvalue weighted by molar-refractivity contribution is -0.0362. The van der Waals surface area contributed by atoms with Crippen molar-refractivity contribution < 1.29 is 9.84 Å². The first-order valence-electron chi connectivity index (χ1n) is 7.22. The van der Waals surface area contributed by atoms with Crippen molar-refractivity contribution in [1.29, 1.82) is 5.26 Å². The molecule has 3 rings (SSSR count). The van der Waals surface area contributed by atoms with E-state index in [9.17, 15) is 10.4 Å². The molecule has 106 valence electrons. The van der Waals surface area contributed by atoms with Gasteiger partial charge in [-0.2, -0.15) is 5.26 Å². The Morgan fingerprint density at radius 2 is 2.05 bits per heavy atom. The third-order valence-corrected chi connectivity index (χ3v) is 4.60. The van der Waals surface area contributed by atoms with Crippen LogP contribution in [0.15, 0.2) is 18.2 Å². The molecule has 2 saturated heterocycles. The minimum atomic E-state index is -0.916. The Kier molecular flexibility index (Phi) is 3.41. The monoisotopic (exact) mass is 272 g/mol. The summed E-state index contributed by atoms with van der Waals surface area (Å²) in [6, 6.07) is 8.39. The molecule has 2 N–H and O–H groups in total. The molecule has 2 atom stereocenters. The summed E-state index contributed by atoms with van der Waals surface area (Å²) in [5.41, 5.74) is 0.274. The summed E-state index contributed by atoms with van der Waals surface area (Å²) in [6.45, 7) is 0. The van der Waals surface area contributed by atoms with E-state index in [1.807, 2.05) is 12.1 Å². The maximum Gasteiger partial charge on any atom is 0.137 e. The zero-order valence-corrected chi connectivity index (χ0v) is 11.7. The molecule has 2 bridgehead atoms. The van der Waals surface area contributed by atoms with Crippen LogP contribution in [0.2, 0.25) is 0 Å². The molecule has 4 nitrogen and oxygen atoms in total. The Balaban J connectivity index is 2.01. The van der Waals surface area contributed by atoms with Crippen LogP contribution in [0.1, 0.15) is 43.2 Å². The molecule has 1 aromatic rings. The van der Waals surface area contributed by atoms with Gasteiger partial charge in [-0.25, -0.2) is 0 Å². The maximum absolute atomic E-state index is 11.1. The predicted molar refractivity (Wildman–Crippen MR) is 75.4 cm³/mol. The van der Waals surface area contributed by atoms with Gasteiger partial charge in [0.1, 0.15) is 17.4 Å². The first-order valence-corrected chi connectivity index (χ1v) is 7.22. The van der Waals surface area contributed by atoms with Crippen molar-refractivity contribution in [3.8, 4) is 11.8 Å². The highest BCUT2D eigenvalue weighted by Crippen LogP contribution is 2.42. The van der Waals surface area contributed by atoms with E-state index in [-0.39, 0.29) is 0 Å². The molecule has 2 fully saturated rings. The van der Waals surface area contributed by atoms with E-state index < -0.39 is 5.60 Å². The lowest BCUT2D eigenvalue weighted by atomic mass is 9.73. The van der Waals surface area contributed by atoms with E-state index in [0.717, 1.165) is 18.4 Å². The Morgan fingerprint density at radius 3 is 2.65 bits per heavy atom. The standard InChI is InChI=1S/C16H20N2O2/c1-20-15-7-3-6-14(13(15)10-17)16(19)8-11-4-2-5-12(9-16)18-11/h3,6-7,11-12,18-19H,2,4-5,8-9H2,1H3. The van der Waals surface area contributed by atoms with Crippen LogP contribution >= 0.6 is 0 Å². The summed E-state index contributed by atoms with van der Waals surface area (Å²) in [7, 11) is 1.56. The van der Waals surface area contributed by atoms with Crippen LogP contribution in [-0.4, -0.2) is 24.3 Å². The molecule has 0 saturated carbocycles. The van der Waals surface area contributed by atoms with Crippen LogP contribution in [-0.2, 0) is 5.60 Å². The molecule has 20 heavy (non-hydrogen) atoms. The van der Waals surface area contributed by atoms with E-state index in [2.05, 4.69) is 11.4 Å². The third kappa shape index (κ3) is 2.17. The van der Waals surface area contributed by atoms with Gasteiger partial charge in [0.2, 0.25) is 0 Å². The average molecular weight is 272 g/mol. The highest BCUT2D eigenvalue weighted by atomic mass is 16.5. The largest absolute Gasteiger partial charge is 0.495 e. The first kappa shape index (κ1) is 13.4. The number of benzene rings is 1. The lowest BCUT2D eigenvalue weighted by Crippen LogP contribution is -2.54. The van der Waals surface area contributed by atoms with Gasteiger partial charge >= 0.3 is 0 Å². The molecule has 2 aliphatic rings. The normalized spacial score (nSPS) is 32.5. The number of ether oxygens (including phenoxy) is 1. The third-order valence-electron chi connectivity index (χ3n) is 4.60. The van der Waals surface area contributed by atoms with Crippen molar-refractivity contribution in [2.24, 2.45) is 0 Å². The second kappa shape index (κ2) is 5.08. The van der Waals surface area contributed by atoms with Gasteiger partial charge in [0, 0.05) is 17.6 Å². The number of fused-ring (bicyclic) bond motifs is 2. The number of nitrogens with zero attached hydrogens (tertiary/aromatic N) is 1. The Hall–Kier alpha value is -1.57. The van der Waals surface area contributed by atoms with Crippen molar-refractivity contribution in [3.05, 3.63) is 29.3 Å². The second-order valence-corrected chi connectivity index (χ2v) is 5.93. The maximum atomic E-state index is 11.1. The molecule has 0 aromatic heterocycles. The zero-order valence-electron chi connectivity index (χ0n) is 11.7. The number of nitriles is 1. The van der Waals surface area contributed by atoms with E-state index in [0.29, 0.717) is 36.2 Å². The molecule has 2 aliphatic heterocycles. The minimum absolute atomic E-state index is 0.352. The Labute approximate surface area is 119 Å². The van der Waals surface area contributed by atoms with Crippen LogP contribution in [0.25, 0.3) is 0 Å². The smallest absolute Gasteiger partial charge is 0.137 e. The fourth-order valence-electron chi connectivity index (χ4n) is 3.76. The predicted octanol–water partition coefficient (Wildman–Crippen LogP) is 2.06. The number of hydrogen-bond donors (Lipinski definition) is 2. The molecule has 0 aliphatic carbocycles. The number of hydrogen-bond acceptors (Lipinski definition) is 4. The topological polar surface area (TPSA) is 65.3 Å². The highest BCUT2D eigenvalue weighted by Gasteiger charge is 2.43. The van der Waals surface area contributed by atoms with Crippen molar-refractivity contribution >= 4 is 0 Å². The van der Waals surface area contributed by atoms with Crippen molar-refractivity contribution in [2.45, 2.75) is 49.8 Å². The van der Waals surface area contributed by atoms with Crippen LogP contribution in [0, 0.1) is 11.3 Å². The second-order valence-electron chi connectivity index (χ2n) is 5.93. The number of methoxy groups -OCH3 is 1. The molecule has 0 spiro atoms. The van der Waals surface area contributed by atoms with Crippen LogP contribution in [0.5, 0.6) is 5.75 Å². The molecule has 2 heterocycles. The van der Waals surface area contributed by atoms with Gasteiger partial charge in [-0.1, -0.05) is 18.6 Å². The van der Waals surface area contributed by atoms with Crippen LogP contribution in [0.4, 0.5) is 0 Å². The summed E-state index contributed by atoms with van der Waals surface area (Å²) in [4.78, 5) is 0. The van der Waals surface area contributed by atoms with E-state index in [4.69, 9.17) is 4.74 Å². The average Bonchev–Trinajstić information content (AvgIpc) is 2.45. The fourth-order valence-corrected chi connectivity index (χ4v) is 3.76. The lowest BCUT2D eigenvalue weighted by Gasteiger charge is -2.45. The van der Waals surface area contributed by atoms with Crippen molar-refractivity contribution in [1.82, 2.24) is 5.32 Å². The zero-order chi connectivity index (χ0) is 14.2. The number of piperidine rings is 2. The minimum Gasteiger partial charge on any atom is -0.495 e. The van der Waals surface area contributed by atoms with E-state index in [1.54, 1.807) is 13.2 Å². The van der Waals surface area contributed by atoms with Crippen molar-refractivity contribution in [2.75, 3.05) is 7.11 Å². The van der Waals surface area contributed by atoms with Gasteiger partial charge in [-0.3, -0.25) is 0 Å². The summed E-state index contributed by atoms with van der Waals surface area (Å²) < 4.78 is 5.26. The summed E-state index contributed by atoms with van der Waals surface area (Å²) in [5, 5.41) is 24.1. The summed E-state index contributed by atoms with van der Waals surface area (Å²) in [5.74, 6) is 0.544. The van der Waals surface area contributed by atoms with Gasteiger partial charge in [0.25, 0.3) is 0 Å². The van der Waals surface area contributed by atoms with Gasteiger partial charge in [-0.05, 0) is 31.7 Å². The van der Waals surface area contributed by atoms with Gasteiger partial charge in [0.05, 0.1) is 12.7 Å². The Bertz CT molecular complexity index is 538. The first-order chi connectivity index (χ1) is 9.66. The summed E-state index contributed by atoms with van der Waals surface area (Å²) >= 11 is 0. The molecule has 2 unspecified atom stereocenters. The SMILES string of the molecule is COc1cccc(C2(O)CC3CCCC(C2)N3)c1C#N. The fraction of sp³-hybridized carbons (Fsp3) is 0.562. The number of rotatable bonds is 2. The molecule has 0 radical (unpaired) electrons. The van der Waals surface area contributed by atoms with Crippen LogP contribution < -0.4 is 10.1 Å². The molecule has 4 heteroatoms. The molecular formula is C16H20N2O2. The van der Waals surface area contributed by atoms with Gasteiger partial charge < -0.3 is 15.2 Å². The Morgan fingerprint density at radius 1 is 1.35 bits per heavy atom. The quantitative estimate of drug-likeness (QED) is 0.865. The molecule has 1 aromatic carbocycles. The van der Waals surface area contributed by atoms with E-state index >= 15 is 0 Å². The van der Waals surface area contributed by atoms with Gasteiger partial charge in [0.15, 0.2) is 0 Å². The van der Waals surface area contributed by atoms with Crippen LogP contribution in [0.3, 0.4) is 0 Å². The van der Waals surface area contributed by atoms with Gasteiger partial charge in [-0.15, -0.1) is 0 Å². The number of nitrogens with one attached hydrogen (secondary N) is 1. The van der Waals surface area contributed by atoms with E-state index in [1.165, 1.54) is 6.42 Å². The number of aliphatic hydroxyl groups is 1. The van der Waals surface area contributed by atoms with Crippen molar-refractivity contribution in [3.63, 3.8) is 0 Å².